The van der Waals surface area contributed by atoms with Crippen LogP contribution in [-0.4, -0.2) is 61.0 Å². The summed E-state index contributed by atoms with van der Waals surface area (Å²) in [6.07, 6.45) is 1.72. The Labute approximate surface area is 166 Å². The number of nitrogens with zero attached hydrogens (tertiary/aromatic N) is 3. The van der Waals surface area contributed by atoms with E-state index in [9.17, 15) is 9.59 Å². The molecule has 0 aliphatic rings. The summed E-state index contributed by atoms with van der Waals surface area (Å²) in [5.41, 5.74) is 4.43. The molecule has 0 aliphatic heterocycles. The van der Waals surface area contributed by atoms with E-state index >= 15 is 0 Å². The average Bonchev–Trinajstić information content (AvgIpc) is 2.99. The first kappa shape index (κ1) is 21.6. The van der Waals surface area contributed by atoms with Gasteiger partial charge < -0.3 is 14.4 Å². The Balaban J connectivity index is 2.13. The Bertz CT molecular complexity index is 812. The minimum absolute atomic E-state index is 0.0187. The van der Waals surface area contributed by atoms with E-state index in [0.717, 1.165) is 29.1 Å². The van der Waals surface area contributed by atoms with Crippen LogP contribution in [0, 0.1) is 13.8 Å². The highest BCUT2D eigenvalue weighted by atomic mass is 16.5. The molecule has 2 aromatic rings. The molecule has 0 fully saturated rings. The van der Waals surface area contributed by atoms with Crippen LogP contribution in [0.4, 0.5) is 0 Å². The minimum Gasteiger partial charge on any atom is -0.469 e. The number of ether oxygens (including phenoxy) is 2. The molecule has 0 radical (unpaired) electrons. The van der Waals surface area contributed by atoms with Crippen LogP contribution >= 0.6 is 0 Å². The standard InChI is InChI=1S/C21H29N3O4/c1-15-19(11-12-20(25)28-5)16(2)24(22-15)18-9-7-17(8-10-18)21(26)23(3)13-6-14-27-4/h7-10H,6,11-14H2,1-5H3. The quantitative estimate of drug-likeness (QED) is 0.489. The number of aromatic nitrogens is 2. The number of methoxy groups -OCH3 is 2. The number of amides is 1. The fourth-order valence-corrected chi connectivity index (χ4v) is 3.13. The Hall–Kier alpha value is -2.67. The lowest BCUT2D eigenvalue weighted by Crippen LogP contribution is -2.28. The minimum atomic E-state index is -0.232. The van der Waals surface area contributed by atoms with Gasteiger partial charge in [0.25, 0.3) is 5.91 Å². The van der Waals surface area contributed by atoms with Gasteiger partial charge in [-0.2, -0.15) is 5.10 Å². The summed E-state index contributed by atoms with van der Waals surface area (Å²) < 4.78 is 11.6. The highest BCUT2D eigenvalue weighted by molar-refractivity contribution is 5.94. The van der Waals surface area contributed by atoms with E-state index in [1.54, 1.807) is 19.1 Å². The first-order valence-corrected chi connectivity index (χ1v) is 9.35. The summed E-state index contributed by atoms with van der Waals surface area (Å²) in [6, 6.07) is 7.41. The lowest BCUT2D eigenvalue weighted by atomic mass is 10.1. The van der Waals surface area contributed by atoms with E-state index < -0.39 is 0 Å². The van der Waals surface area contributed by atoms with Crippen LogP contribution in [0.5, 0.6) is 0 Å². The van der Waals surface area contributed by atoms with E-state index in [1.165, 1.54) is 7.11 Å². The van der Waals surface area contributed by atoms with Crippen molar-refractivity contribution in [3.05, 3.63) is 46.8 Å². The third-order valence-corrected chi connectivity index (χ3v) is 4.80. The smallest absolute Gasteiger partial charge is 0.305 e. The molecule has 0 spiro atoms. The molecule has 1 aromatic heterocycles. The van der Waals surface area contributed by atoms with E-state index in [0.29, 0.717) is 31.6 Å². The maximum Gasteiger partial charge on any atom is 0.305 e. The van der Waals surface area contributed by atoms with Crippen molar-refractivity contribution in [3.63, 3.8) is 0 Å². The summed E-state index contributed by atoms with van der Waals surface area (Å²) in [6.45, 7) is 5.19. The fraction of sp³-hybridized carbons (Fsp3) is 0.476. The number of hydrogen-bond donors (Lipinski definition) is 0. The van der Waals surface area contributed by atoms with Gasteiger partial charge >= 0.3 is 5.97 Å². The van der Waals surface area contributed by atoms with Crippen LogP contribution in [0.3, 0.4) is 0 Å². The number of rotatable bonds is 9. The van der Waals surface area contributed by atoms with Gasteiger partial charge in [0.1, 0.15) is 0 Å². The first-order valence-electron chi connectivity index (χ1n) is 9.35. The molecule has 1 heterocycles. The molecule has 28 heavy (non-hydrogen) atoms. The number of aryl methyl sites for hydroxylation is 1. The van der Waals surface area contributed by atoms with E-state index in [-0.39, 0.29) is 11.9 Å². The van der Waals surface area contributed by atoms with Crippen molar-refractivity contribution in [2.75, 3.05) is 34.4 Å². The largest absolute Gasteiger partial charge is 0.469 e. The van der Waals surface area contributed by atoms with Crippen LogP contribution < -0.4 is 0 Å². The van der Waals surface area contributed by atoms with Gasteiger partial charge in [0.2, 0.25) is 0 Å². The highest BCUT2D eigenvalue weighted by Crippen LogP contribution is 2.20. The van der Waals surface area contributed by atoms with Crippen molar-refractivity contribution in [1.29, 1.82) is 0 Å². The number of esters is 1. The molecule has 0 saturated heterocycles. The van der Waals surface area contributed by atoms with E-state index in [1.807, 2.05) is 42.8 Å². The summed E-state index contributed by atoms with van der Waals surface area (Å²) in [7, 11) is 4.84. The van der Waals surface area contributed by atoms with Gasteiger partial charge in [-0.1, -0.05) is 0 Å². The third kappa shape index (κ3) is 5.19. The van der Waals surface area contributed by atoms with Gasteiger partial charge in [-0.15, -0.1) is 0 Å². The van der Waals surface area contributed by atoms with Crippen LogP contribution in [-0.2, 0) is 20.7 Å². The zero-order valence-corrected chi connectivity index (χ0v) is 17.3. The Morgan fingerprint density at radius 3 is 2.43 bits per heavy atom. The Kier molecular flexibility index (Phi) is 7.75. The highest BCUT2D eigenvalue weighted by Gasteiger charge is 2.16. The van der Waals surface area contributed by atoms with Crippen molar-refractivity contribution in [2.24, 2.45) is 0 Å². The van der Waals surface area contributed by atoms with Crippen molar-refractivity contribution in [2.45, 2.75) is 33.1 Å². The van der Waals surface area contributed by atoms with Crippen molar-refractivity contribution < 1.29 is 19.1 Å². The molecule has 152 valence electrons. The fourth-order valence-electron chi connectivity index (χ4n) is 3.13. The number of carbonyl (C=O) groups is 2. The van der Waals surface area contributed by atoms with Gasteiger partial charge in [-0.05, 0) is 56.5 Å². The van der Waals surface area contributed by atoms with Gasteiger partial charge in [0.05, 0.1) is 18.5 Å². The number of hydrogen-bond acceptors (Lipinski definition) is 5. The summed E-state index contributed by atoms with van der Waals surface area (Å²) >= 11 is 0. The summed E-state index contributed by atoms with van der Waals surface area (Å²) in [5.74, 6) is -0.251. The van der Waals surface area contributed by atoms with Gasteiger partial charge in [-0.3, -0.25) is 9.59 Å². The lowest BCUT2D eigenvalue weighted by Gasteiger charge is -2.17. The second kappa shape index (κ2) is 10.0. The number of carbonyl (C=O) groups excluding carboxylic acids is 2. The van der Waals surface area contributed by atoms with Gasteiger partial charge in [0.15, 0.2) is 0 Å². The average molecular weight is 387 g/mol. The molecule has 1 amide bonds. The maximum atomic E-state index is 12.5. The predicted molar refractivity (Wildman–Crippen MR) is 107 cm³/mol. The zero-order chi connectivity index (χ0) is 20.7. The van der Waals surface area contributed by atoms with Crippen LogP contribution in [0.15, 0.2) is 24.3 Å². The summed E-state index contributed by atoms with van der Waals surface area (Å²) in [4.78, 5) is 25.6. The molecule has 2 rings (SSSR count). The molecule has 0 aliphatic carbocycles. The van der Waals surface area contributed by atoms with Gasteiger partial charge in [0, 0.05) is 45.0 Å². The van der Waals surface area contributed by atoms with E-state index in [4.69, 9.17) is 9.47 Å². The third-order valence-electron chi connectivity index (χ3n) is 4.80. The molecule has 0 saturated carbocycles. The zero-order valence-electron chi connectivity index (χ0n) is 17.3. The molecule has 7 nitrogen and oxygen atoms in total. The molecule has 0 atom stereocenters. The predicted octanol–water partition coefficient (Wildman–Crippen LogP) is 2.70. The topological polar surface area (TPSA) is 73.7 Å². The normalized spacial score (nSPS) is 10.8. The molecule has 1 aromatic carbocycles. The lowest BCUT2D eigenvalue weighted by molar-refractivity contribution is -0.140. The molecule has 0 unspecified atom stereocenters. The molecule has 0 N–H and O–H groups in total. The van der Waals surface area contributed by atoms with Crippen molar-refractivity contribution >= 4 is 11.9 Å². The van der Waals surface area contributed by atoms with Crippen LogP contribution in [0.1, 0.15) is 40.2 Å². The molecular formula is C21H29N3O4. The van der Waals surface area contributed by atoms with Crippen molar-refractivity contribution in [1.82, 2.24) is 14.7 Å². The first-order chi connectivity index (χ1) is 13.4. The SMILES string of the molecule is COCCCN(C)C(=O)c1ccc(-n2nc(C)c(CCC(=O)OC)c2C)cc1. The Morgan fingerprint density at radius 1 is 1.14 bits per heavy atom. The van der Waals surface area contributed by atoms with Crippen LogP contribution in [0.25, 0.3) is 5.69 Å². The van der Waals surface area contributed by atoms with Gasteiger partial charge in [-0.25, -0.2) is 4.68 Å². The van der Waals surface area contributed by atoms with E-state index in [2.05, 4.69) is 5.10 Å². The molecular weight excluding hydrogens is 358 g/mol. The monoisotopic (exact) mass is 387 g/mol. The Morgan fingerprint density at radius 2 is 1.82 bits per heavy atom. The molecule has 0 bridgehead atoms. The summed E-state index contributed by atoms with van der Waals surface area (Å²) in [5, 5.41) is 4.60. The second-order valence-electron chi connectivity index (χ2n) is 6.76. The number of benzene rings is 1. The maximum absolute atomic E-state index is 12.5. The second-order valence-corrected chi connectivity index (χ2v) is 6.76. The van der Waals surface area contributed by atoms with Crippen molar-refractivity contribution in [3.8, 4) is 5.69 Å². The van der Waals surface area contributed by atoms with Crippen LogP contribution in [0.2, 0.25) is 0 Å². The molecule has 7 heteroatoms.